The molecule has 0 aliphatic carbocycles. The Morgan fingerprint density at radius 3 is 2.75 bits per heavy atom. The molecule has 1 aliphatic rings. The maximum atomic E-state index is 14.2. The summed E-state index contributed by atoms with van der Waals surface area (Å²) in [7, 11) is 0. The van der Waals surface area contributed by atoms with Crippen molar-refractivity contribution in [3.05, 3.63) is 52.9 Å². The van der Waals surface area contributed by atoms with E-state index in [4.69, 9.17) is 0 Å². The van der Waals surface area contributed by atoms with Crippen LogP contribution in [0.3, 0.4) is 0 Å². The number of benzene rings is 1. The third-order valence-electron chi connectivity index (χ3n) is 4.62. The van der Waals surface area contributed by atoms with Crippen molar-refractivity contribution in [2.45, 2.75) is 51.9 Å². The van der Waals surface area contributed by atoms with Crippen LogP contribution >= 0.6 is 0 Å². The van der Waals surface area contributed by atoms with Crippen LogP contribution in [-0.4, -0.2) is 32.4 Å². The number of β-amino-alcohol motifs (C(OH)–C–C–N with tert-alkyl or cyclic N) is 1. The van der Waals surface area contributed by atoms with Gasteiger partial charge in [0.05, 0.1) is 11.8 Å². The van der Waals surface area contributed by atoms with Crippen LogP contribution in [0.1, 0.15) is 49.2 Å². The van der Waals surface area contributed by atoms with Gasteiger partial charge in [-0.25, -0.2) is 8.78 Å². The van der Waals surface area contributed by atoms with Crippen molar-refractivity contribution in [1.82, 2.24) is 14.7 Å². The van der Waals surface area contributed by atoms with Crippen molar-refractivity contribution in [2.75, 3.05) is 6.54 Å². The van der Waals surface area contributed by atoms with E-state index >= 15 is 0 Å². The maximum absolute atomic E-state index is 14.2. The van der Waals surface area contributed by atoms with E-state index in [-0.39, 0.29) is 12.1 Å². The molecule has 0 saturated carbocycles. The monoisotopic (exact) mass is 335 g/mol. The van der Waals surface area contributed by atoms with Crippen molar-refractivity contribution in [1.29, 1.82) is 0 Å². The lowest BCUT2D eigenvalue weighted by molar-refractivity contribution is 0.172. The number of aryl methyl sites for hydroxylation is 1. The van der Waals surface area contributed by atoms with E-state index in [0.29, 0.717) is 25.1 Å². The standard InChI is InChI=1S/C18H23F2N3O/c1-11(2)23-9-13(12(3)21-23)8-22-10-15(24)7-18(22)16-6-14(19)4-5-17(16)20/h4-6,9,11,15,18,24H,7-8,10H2,1-3H3. The molecule has 2 heterocycles. The number of aromatic nitrogens is 2. The molecule has 0 spiro atoms. The first-order valence-electron chi connectivity index (χ1n) is 8.27. The molecular formula is C18H23F2N3O. The molecule has 2 atom stereocenters. The summed E-state index contributed by atoms with van der Waals surface area (Å²) in [5, 5.41) is 14.5. The fourth-order valence-corrected chi connectivity index (χ4v) is 3.31. The zero-order chi connectivity index (χ0) is 17.4. The highest BCUT2D eigenvalue weighted by molar-refractivity contribution is 5.25. The molecule has 1 N–H and O–H groups in total. The largest absolute Gasteiger partial charge is 0.392 e. The average Bonchev–Trinajstić information content (AvgIpc) is 3.06. The number of aliphatic hydroxyl groups is 1. The van der Waals surface area contributed by atoms with Crippen LogP contribution in [0.5, 0.6) is 0 Å². The van der Waals surface area contributed by atoms with Gasteiger partial charge in [-0.1, -0.05) is 0 Å². The van der Waals surface area contributed by atoms with Crippen LogP contribution in [0, 0.1) is 18.6 Å². The molecule has 2 unspecified atom stereocenters. The van der Waals surface area contributed by atoms with E-state index in [1.807, 2.05) is 22.7 Å². The topological polar surface area (TPSA) is 41.3 Å². The third-order valence-corrected chi connectivity index (χ3v) is 4.62. The van der Waals surface area contributed by atoms with Gasteiger partial charge in [0.25, 0.3) is 0 Å². The number of nitrogens with zero attached hydrogens (tertiary/aromatic N) is 3. The predicted molar refractivity (Wildman–Crippen MR) is 87.5 cm³/mol. The molecule has 1 saturated heterocycles. The Kier molecular flexibility index (Phi) is 4.69. The van der Waals surface area contributed by atoms with E-state index < -0.39 is 17.7 Å². The van der Waals surface area contributed by atoms with Crippen molar-refractivity contribution in [3.63, 3.8) is 0 Å². The van der Waals surface area contributed by atoms with E-state index in [1.54, 1.807) is 0 Å². The highest BCUT2D eigenvalue weighted by Gasteiger charge is 2.34. The summed E-state index contributed by atoms with van der Waals surface area (Å²) in [4.78, 5) is 2.00. The molecular weight excluding hydrogens is 312 g/mol. The zero-order valence-corrected chi connectivity index (χ0v) is 14.2. The minimum atomic E-state index is -0.543. The summed E-state index contributed by atoms with van der Waals surface area (Å²) < 4.78 is 29.6. The Bertz CT molecular complexity index is 729. The van der Waals surface area contributed by atoms with Crippen molar-refractivity contribution < 1.29 is 13.9 Å². The quantitative estimate of drug-likeness (QED) is 0.931. The van der Waals surface area contributed by atoms with E-state index in [0.717, 1.165) is 23.4 Å². The molecule has 1 aromatic carbocycles. The number of likely N-dealkylation sites (tertiary alicyclic amines) is 1. The molecule has 2 aromatic rings. The SMILES string of the molecule is Cc1nn(C(C)C)cc1CN1CC(O)CC1c1cc(F)ccc1F. The van der Waals surface area contributed by atoms with Gasteiger partial charge in [0.15, 0.2) is 0 Å². The Hall–Kier alpha value is -1.79. The Labute approximate surface area is 140 Å². The summed E-state index contributed by atoms with van der Waals surface area (Å²) in [6.07, 6.45) is 1.85. The van der Waals surface area contributed by atoms with Crippen LogP contribution in [0.15, 0.2) is 24.4 Å². The summed E-state index contributed by atoms with van der Waals surface area (Å²) >= 11 is 0. The lowest BCUT2D eigenvalue weighted by atomic mass is 10.0. The second-order valence-corrected chi connectivity index (χ2v) is 6.81. The number of rotatable bonds is 4. The van der Waals surface area contributed by atoms with Crippen molar-refractivity contribution in [2.24, 2.45) is 0 Å². The number of aliphatic hydroxyl groups excluding tert-OH is 1. The second kappa shape index (κ2) is 6.61. The molecule has 1 aromatic heterocycles. The van der Waals surface area contributed by atoms with Crippen LogP contribution in [0.4, 0.5) is 8.78 Å². The van der Waals surface area contributed by atoms with Crippen molar-refractivity contribution in [3.8, 4) is 0 Å². The van der Waals surface area contributed by atoms with Gasteiger partial charge in [-0.3, -0.25) is 9.58 Å². The summed E-state index contributed by atoms with van der Waals surface area (Å²) in [6.45, 7) is 7.04. The normalized spacial score (nSPS) is 21.8. The molecule has 6 heteroatoms. The highest BCUT2D eigenvalue weighted by atomic mass is 19.1. The van der Waals surface area contributed by atoms with Gasteiger partial charge in [-0.2, -0.15) is 5.10 Å². The summed E-state index contributed by atoms with van der Waals surface area (Å²) in [6, 6.07) is 3.42. The van der Waals surface area contributed by atoms with E-state index in [9.17, 15) is 13.9 Å². The van der Waals surface area contributed by atoms with Crippen LogP contribution in [0.25, 0.3) is 0 Å². The lowest BCUT2D eigenvalue weighted by Gasteiger charge is -2.24. The van der Waals surface area contributed by atoms with Gasteiger partial charge in [0, 0.05) is 42.5 Å². The molecule has 0 amide bonds. The van der Waals surface area contributed by atoms with Gasteiger partial charge in [-0.05, 0) is 45.4 Å². The first-order valence-corrected chi connectivity index (χ1v) is 8.27. The average molecular weight is 335 g/mol. The Morgan fingerprint density at radius 1 is 1.33 bits per heavy atom. The molecule has 130 valence electrons. The minimum Gasteiger partial charge on any atom is -0.392 e. The van der Waals surface area contributed by atoms with Crippen LogP contribution in [-0.2, 0) is 6.54 Å². The fraction of sp³-hybridized carbons (Fsp3) is 0.500. The van der Waals surface area contributed by atoms with Gasteiger partial charge >= 0.3 is 0 Å². The Balaban J connectivity index is 1.87. The first-order chi connectivity index (χ1) is 11.3. The number of hydrogen-bond donors (Lipinski definition) is 1. The van der Waals surface area contributed by atoms with Gasteiger partial charge in [-0.15, -0.1) is 0 Å². The smallest absolute Gasteiger partial charge is 0.128 e. The van der Waals surface area contributed by atoms with Gasteiger partial charge in [0.2, 0.25) is 0 Å². The van der Waals surface area contributed by atoms with Crippen LogP contribution < -0.4 is 0 Å². The first kappa shape index (κ1) is 17.0. The molecule has 0 bridgehead atoms. The second-order valence-electron chi connectivity index (χ2n) is 6.81. The number of halogens is 2. The third kappa shape index (κ3) is 3.35. The lowest BCUT2D eigenvalue weighted by Crippen LogP contribution is -2.25. The van der Waals surface area contributed by atoms with Crippen LogP contribution in [0.2, 0.25) is 0 Å². The zero-order valence-electron chi connectivity index (χ0n) is 14.2. The Morgan fingerprint density at radius 2 is 2.08 bits per heavy atom. The number of hydrogen-bond acceptors (Lipinski definition) is 3. The van der Waals surface area contributed by atoms with E-state index in [1.165, 1.54) is 6.07 Å². The molecule has 3 rings (SSSR count). The van der Waals surface area contributed by atoms with Gasteiger partial charge < -0.3 is 5.11 Å². The van der Waals surface area contributed by atoms with Gasteiger partial charge in [0.1, 0.15) is 11.6 Å². The maximum Gasteiger partial charge on any atom is 0.128 e. The fourth-order valence-electron chi connectivity index (χ4n) is 3.31. The molecule has 1 fully saturated rings. The summed E-state index contributed by atoms with van der Waals surface area (Å²) in [5.41, 5.74) is 2.27. The molecule has 0 radical (unpaired) electrons. The van der Waals surface area contributed by atoms with Crippen molar-refractivity contribution >= 4 is 0 Å². The highest BCUT2D eigenvalue weighted by Crippen LogP contribution is 2.35. The van der Waals surface area contributed by atoms with E-state index in [2.05, 4.69) is 18.9 Å². The molecule has 24 heavy (non-hydrogen) atoms. The molecule has 1 aliphatic heterocycles. The minimum absolute atomic E-state index is 0.262. The predicted octanol–water partition coefficient (Wildman–Crippen LogP) is 3.36. The molecule has 4 nitrogen and oxygen atoms in total. The summed E-state index contributed by atoms with van der Waals surface area (Å²) in [5.74, 6) is -0.897.